The zero-order valence-corrected chi connectivity index (χ0v) is 11.3. The molecule has 19 heavy (non-hydrogen) atoms. The minimum Gasteiger partial charge on any atom is -0.324 e. The largest absolute Gasteiger partial charge is 0.324 e. The summed E-state index contributed by atoms with van der Waals surface area (Å²) in [5.41, 5.74) is 3.37. The Hall–Kier alpha value is -1.86. The third-order valence-electron chi connectivity index (χ3n) is 2.54. The van der Waals surface area contributed by atoms with Gasteiger partial charge in [-0.2, -0.15) is 0 Å². The van der Waals surface area contributed by atoms with Gasteiger partial charge in [-0.1, -0.05) is 0 Å². The molecule has 0 atom stereocenters. The smallest absolute Gasteiger partial charge is 0.275 e. The summed E-state index contributed by atoms with van der Waals surface area (Å²) in [4.78, 5) is 28.1. The minimum absolute atomic E-state index is 0.0273. The summed E-state index contributed by atoms with van der Waals surface area (Å²) in [7, 11) is 0. The number of hydrogen-bond donors (Lipinski definition) is 2. The zero-order chi connectivity index (χ0) is 13.2. The fraction of sp³-hybridized carbons (Fsp3) is 0.0833. The number of carbonyl (C=O) groups excluding carboxylic acids is 2. The van der Waals surface area contributed by atoms with E-state index in [9.17, 15) is 9.59 Å². The van der Waals surface area contributed by atoms with Crippen LogP contribution in [0.5, 0.6) is 0 Å². The van der Waals surface area contributed by atoms with E-state index in [1.54, 1.807) is 17.0 Å². The number of fused-ring (bicyclic) bond motifs is 1. The molecule has 0 fully saturated rings. The lowest BCUT2D eigenvalue weighted by Gasteiger charge is -2.17. The number of rotatable bonds is 2. The van der Waals surface area contributed by atoms with Crippen LogP contribution >= 0.6 is 23.1 Å². The van der Waals surface area contributed by atoms with Crippen LogP contribution in [-0.4, -0.2) is 22.6 Å². The standard InChI is InChI=1S/C12H9N3O2S2/c16-11-5-19-10-2-1-7(3-8(10)15-11)14-12(17)9-4-18-6-13-9/h1-4,6H,5H2,(H,14,17)(H,15,16). The van der Waals surface area contributed by atoms with Crippen molar-refractivity contribution < 1.29 is 9.59 Å². The van der Waals surface area contributed by atoms with Crippen molar-refractivity contribution in [2.75, 3.05) is 16.4 Å². The van der Waals surface area contributed by atoms with Gasteiger partial charge < -0.3 is 10.6 Å². The maximum absolute atomic E-state index is 11.8. The van der Waals surface area contributed by atoms with E-state index < -0.39 is 0 Å². The molecule has 0 spiro atoms. The molecule has 7 heteroatoms. The van der Waals surface area contributed by atoms with Crippen LogP contribution in [-0.2, 0) is 4.79 Å². The highest BCUT2D eigenvalue weighted by molar-refractivity contribution is 8.00. The van der Waals surface area contributed by atoms with E-state index in [1.807, 2.05) is 12.1 Å². The van der Waals surface area contributed by atoms with Gasteiger partial charge >= 0.3 is 0 Å². The second-order valence-corrected chi connectivity index (χ2v) is 5.61. The Balaban J connectivity index is 1.81. The number of thioether (sulfide) groups is 1. The van der Waals surface area contributed by atoms with Gasteiger partial charge in [-0.05, 0) is 18.2 Å². The quantitative estimate of drug-likeness (QED) is 0.891. The molecule has 96 valence electrons. The van der Waals surface area contributed by atoms with Gasteiger partial charge in [0.15, 0.2) is 0 Å². The van der Waals surface area contributed by atoms with Crippen molar-refractivity contribution >= 4 is 46.3 Å². The highest BCUT2D eigenvalue weighted by atomic mass is 32.2. The van der Waals surface area contributed by atoms with Crippen LogP contribution < -0.4 is 10.6 Å². The van der Waals surface area contributed by atoms with Gasteiger partial charge in [-0.3, -0.25) is 9.59 Å². The Morgan fingerprint density at radius 2 is 2.32 bits per heavy atom. The molecule has 1 aromatic heterocycles. The first kappa shape index (κ1) is 12.2. The van der Waals surface area contributed by atoms with Crippen molar-refractivity contribution in [1.29, 1.82) is 0 Å². The van der Waals surface area contributed by atoms with Crippen LogP contribution in [0.2, 0.25) is 0 Å². The number of anilines is 2. The second kappa shape index (κ2) is 5.02. The lowest BCUT2D eigenvalue weighted by Crippen LogP contribution is -2.19. The normalized spacial score (nSPS) is 13.6. The number of hydrogen-bond acceptors (Lipinski definition) is 5. The minimum atomic E-state index is -0.254. The van der Waals surface area contributed by atoms with Crippen LogP contribution in [0.15, 0.2) is 34.0 Å². The Labute approximate surface area is 117 Å². The Morgan fingerprint density at radius 3 is 3.11 bits per heavy atom. The number of nitrogens with zero attached hydrogens (tertiary/aromatic N) is 1. The van der Waals surface area contributed by atoms with Gasteiger partial charge in [0.25, 0.3) is 5.91 Å². The first-order chi connectivity index (χ1) is 9.22. The van der Waals surface area contributed by atoms with E-state index >= 15 is 0 Å². The van der Waals surface area contributed by atoms with Crippen LogP contribution in [0.25, 0.3) is 0 Å². The molecule has 1 aliphatic heterocycles. The summed E-state index contributed by atoms with van der Waals surface area (Å²) in [6, 6.07) is 5.45. The van der Waals surface area contributed by atoms with Crippen LogP contribution in [0.4, 0.5) is 11.4 Å². The highest BCUT2D eigenvalue weighted by Gasteiger charge is 2.16. The molecule has 2 N–H and O–H groups in total. The molecule has 2 heterocycles. The number of aromatic nitrogens is 1. The lowest BCUT2D eigenvalue weighted by atomic mass is 10.2. The number of thiazole rings is 1. The number of benzene rings is 1. The highest BCUT2D eigenvalue weighted by Crippen LogP contribution is 2.33. The number of amides is 2. The van der Waals surface area contributed by atoms with Crippen molar-refractivity contribution in [1.82, 2.24) is 4.98 Å². The molecule has 1 aliphatic rings. The van der Waals surface area contributed by atoms with Crippen LogP contribution in [0.3, 0.4) is 0 Å². The first-order valence-corrected chi connectivity index (χ1v) is 7.41. The Morgan fingerprint density at radius 1 is 1.42 bits per heavy atom. The van der Waals surface area contributed by atoms with Crippen molar-refractivity contribution in [3.63, 3.8) is 0 Å². The molecule has 3 rings (SSSR count). The number of nitrogens with one attached hydrogen (secondary N) is 2. The fourth-order valence-electron chi connectivity index (χ4n) is 1.68. The van der Waals surface area contributed by atoms with Crippen molar-refractivity contribution in [3.8, 4) is 0 Å². The molecular formula is C12H9N3O2S2. The van der Waals surface area contributed by atoms with Crippen molar-refractivity contribution in [2.24, 2.45) is 0 Å². The zero-order valence-electron chi connectivity index (χ0n) is 9.67. The van der Waals surface area contributed by atoms with Gasteiger partial charge in [0, 0.05) is 16.0 Å². The molecule has 2 aromatic rings. The number of carbonyl (C=O) groups is 2. The summed E-state index contributed by atoms with van der Waals surface area (Å²) in [5.74, 6) is 0.147. The fourth-order valence-corrected chi connectivity index (χ4v) is 3.00. The van der Waals surface area contributed by atoms with Gasteiger partial charge in [0.05, 0.1) is 17.0 Å². The molecular weight excluding hydrogens is 282 g/mol. The molecule has 0 saturated carbocycles. The van der Waals surface area contributed by atoms with Gasteiger partial charge in [-0.15, -0.1) is 23.1 Å². The molecule has 5 nitrogen and oxygen atoms in total. The van der Waals surface area contributed by atoms with Crippen molar-refractivity contribution in [2.45, 2.75) is 4.90 Å². The maximum atomic E-state index is 11.8. The predicted molar refractivity (Wildman–Crippen MR) is 75.9 cm³/mol. The summed E-state index contributed by atoms with van der Waals surface area (Å²) in [6.07, 6.45) is 0. The van der Waals surface area contributed by atoms with E-state index in [-0.39, 0.29) is 11.8 Å². The average Bonchev–Trinajstić information content (AvgIpc) is 2.92. The first-order valence-electron chi connectivity index (χ1n) is 5.48. The molecule has 1 aromatic carbocycles. The summed E-state index contributed by atoms with van der Waals surface area (Å²) >= 11 is 2.86. The van der Waals surface area contributed by atoms with Crippen LogP contribution in [0.1, 0.15) is 10.5 Å². The summed E-state index contributed by atoms with van der Waals surface area (Å²) in [5, 5.41) is 7.22. The average molecular weight is 291 g/mol. The van der Waals surface area contributed by atoms with Gasteiger partial charge in [-0.25, -0.2) is 4.98 Å². The van der Waals surface area contributed by atoms with E-state index in [0.29, 0.717) is 17.1 Å². The lowest BCUT2D eigenvalue weighted by molar-refractivity contribution is -0.113. The topological polar surface area (TPSA) is 71.1 Å². The van der Waals surface area contributed by atoms with Gasteiger partial charge in [0.1, 0.15) is 5.69 Å². The van der Waals surface area contributed by atoms with Gasteiger partial charge in [0.2, 0.25) is 5.91 Å². The van der Waals surface area contributed by atoms with Crippen LogP contribution in [0, 0.1) is 0 Å². The van der Waals surface area contributed by atoms with E-state index in [2.05, 4.69) is 15.6 Å². The summed E-state index contributed by atoms with van der Waals surface area (Å²) < 4.78 is 0. The monoisotopic (exact) mass is 291 g/mol. The second-order valence-electron chi connectivity index (χ2n) is 3.88. The van der Waals surface area contributed by atoms with Crippen molar-refractivity contribution in [3.05, 3.63) is 34.8 Å². The van der Waals surface area contributed by atoms with E-state index in [0.717, 1.165) is 10.6 Å². The SMILES string of the molecule is O=C1CSc2ccc(NC(=O)c3cscn3)cc2N1. The third kappa shape index (κ3) is 2.61. The van der Waals surface area contributed by atoms with E-state index in [4.69, 9.17) is 0 Å². The molecule has 0 unspecified atom stereocenters. The molecule has 2 amide bonds. The predicted octanol–water partition coefficient (Wildman–Crippen LogP) is 2.44. The Kier molecular flexibility index (Phi) is 3.22. The third-order valence-corrected chi connectivity index (χ3v) is 4.20. The maximum Gasteiger partial charge on any atom is 0.275 e. The molecule has 0 aliphatic carbocycles. The Bertz CT molecular complexity index is 640. The van der Waals surface area contributed by atoms with E-state index in [1.165, 1.54) is 23.1 Å². The molecule has 0 saturated heterocycles. The summed E-state index contributed by atoms with van der Waals surface area (Å²) in [6.45, 7) is 0. The molecule has 0 radical (unpaired) electrons. The molecule has 0 bridgehead atoms.